The average Bonchev–Trinajstić information content (AvgIpc) is 3.30. The molecule has 0 unspecified atom stereocenters. The van der Waals surface area contributed by atoms with Crippen molar-refractivity contribution in [2.24, 2.45) is 5.92 Å². The number of esters is 1. The van der Waals surface area contributed by atoms with Crippen LogP contribution in [0, 0.1) is 5.92 Å². The fraction of sp³-hybridized carbons (Fsp3) is 0.217. The number of hydrogen-bond acceptors (Lipinski definition) is 6. The summed E-state index contributed by atoms with van der Waals surface area (Å²) in [6, 6.07) is 6.82. The summed E-state index contributed by atoms with van der Waals surface area (Å²) in [5, 5.41) is 23.1. The molecule has 0 spiro atoms. The van der Waals surface area contributed by atoms with Crippen LogP contribution in [0.3, 0.4) is 0 Å². The van der Waals surface area contributed by atoms with Gasteiger partial charge in [-0.15, -0.1) is 0 Å². The second-order valence-electron chi connectivity index (χ2n) is 7.51. The van der Waals surface area contributed by atoms with Crippen molar-refractivity contribution in [3.05, 3.63) is 59.4 Å². The van der Waals surface area contributed by atoms with Crippen LogP contribution in [0.5, 0.6) is 5.75 Å². The van der Waals surface area contributed by atoms with Gasteiger partial charge in [0.15, 0.2) is 0 Å². The molecule has 0 aliphatic heterocycles. The van der Waals surface area contributed by atoms with E-state index in [4.69, 9.17) is 4.74 Å². The molecule has 0 fully saturated rings. The summed E-state index contributed by atoms with van der Waals surface area (Å²) in [5.74, 6) is -2.07. The Morgan fingerprint density at radius 2 is 1.84 bits per heavy atom. The number of aromatic hydroxyl groups is 1. The quantitative estimate of drug-likeness (QED) is 0.415. The molecular formula is C23H23N3O6. The fourth-order valence-electron chi connectivity index (χ4n) is 3.19. The van der Waals surface area contributed by atoms with Gasteiger partial charge in [0.25, 0.3) is 5.91 Å². The summed E-state index contributed by atoms with van der Waals surface area (Å²) in [4.78, 5) is 43.8. The molecule has 1 aromatic heterocycles. The van der Waals surface area contributed by atoms with Gasteiger partial charge in [0.2, 0.25) is 0 Å². The summed E-state index contributed by atoms with van der Waals surface area (Å²) in [5.41, 5.74) is 0.563. The van der Waals surface area contributed by atoms with E-state index in [0.29, 0.717) is 12.4 Å². The van der Waals surface area contributed by atoms with Crippen LogP contribution >= 0.6 is 0 Å². The Bertz CT molecular complexity index is 1170. The van der Waals surface area contributed by atoms with E-state index in [1.54, 1.807) is 6.20 Å². The highest BCUT2D eigenvalue weighted by Gasteiger charge is 2.23. The van der Waals surface area contributed by atoms with Crippen molar-refractivity contribution >= 4 is 17.8 Å². The first-order valence-corrected chi connectivity index (χ1v) is 9.84. The summed E-state index contributed by atoms with van der Waals surface area (Å²) in [7, 11) is 1.19. The normalized spacial score (nSPS) is 10.8. The number of amides is 1. The molecular weight excluding hydrogens is 414 g/mol. The Morgan fingerprint density at radius 1 is 1.09 bits per heavy atom. The van der Waals surface area contributed by atoms with E-state index >= 15 is 0 Å². The van der Waals surface area contributed by atoms with Crippen LogP contribution in [-0.2, 0) is 4.74 Å². The lowest BCUT2D eigenvalue weighted by Gasteiger charge is -2.15. The van der Waals surface area contributed by atoms with Crippen molar-refractivity contribution < 1.29 is 29.3 Å². The van der Waals surface area contributed by atoms with Gasteiger partial charge >= 0.3 is 11.9 Å². The lowest BCUT2D eigenvalue weighted by molar-refractivity contribution is 0.0600. The third kappa shape index (κ3) is 4.61. The number of rotatable bonds is 7. The van der Waals surface area contributed by atoms with Crippen molar-refractivity contribution in [2.75, 3.05) is 13.7 Å². The van der Waals surface area contributed by atoms with Crippen molar-refractivity contribution in [3.63, 3.8) is 0 Å². The third-order valence-corrected chi connectivity index (χ3v) is 4.77. The first-order valence-electron chi connectivity index (χ1n) is 9.84. The number of methoxy groups -OCH3 is 1. The number of phenolic OH excluding ortho intramolecular Hbond substituents is 1. The van der Waals surface area contributed by atoms with E-state index in [2.05, 4.69) is 15.3 Å². The molecule has 0 saturated carbocycles. The first-order chi connectivity index (χ1) is 15.2. The number of phenols is 1. The molecule has 9 heteroatoms. The lowest BCUT2D eigenvalue weighted by atomic mass is 9.91. The van der Waals surface area contributed by atoms with Crippen LogP contribution in [0.15, 0.2) is 42.7 Å². The average molecular weight is 437 g/mol. The Kier molecular flexibility index (Phi) is 6.58. The molecule has 9 nitrogen and oxygen atoms in total. The van der Waals surface area contributed by atoms with Crippen LogP contribution in [0.1, 0.15) is 44.9 Å². The number of ether oxygens (including phenoxy) is 1. The lowest BCUT2D eigenvalue weighted by Crippen LogP contribution is -2.27. The van der Waals surface area contributed by atoms with Gasteiger partial charge in [-0.1, -0.05) is 19.9 Å². The van der Waals surface area contributed by atoms with E-state index in [9.17, 15) is 24.6 Å². The molecule has 166 valence electrons. The number of carboxylic acid groups (broad SMARTS) is 1. The zero-order valence-corrected chi connectivity index (χ0v) is 17.8. The van der Waals surface area contributed by atoms with Crippen LogP contribution < -0.4 is 5.32 Å². The van der Waals surface area contributed by atoms with Crippen molar-refractivity contribution in [1.29, 1.82) is 0 Å². The van der Waals surface area contributed by atoms with Gasteiger partial charge in [0.1, 0.15) is 11.6 Å². The summed E-state index contributed by atoms with van der Waals surface area (Å²) < 4.78 is 4.85. The SMILES string of the molecule is COC(=O)c1cc(C(=O)NCC(C)C)ccc1-c1cc(O)c(-c2ncc[nH]2)cc1C(=O)O. The highest BCUT2D eigenvalue weighted by atomic mass is 16.5. The summed E-state index contributed by atoms with van der Waals surface area (Å²) in [6.07, 6.45) is 3.02. The Balaban J connectivity index is 2.15. The molecule has 0 saturated heterocycles. The van der Waals surface area contributed by atoms with Gasteiger partial charge in [-0.05, 0) is 35.7 Å². The van der Waals surface area contributed by atoms with Crippen LogP contribution in [0.2, 0.25) is 0 Å². The minimum atomic E-state index is -1.26. The second-order valence-corrected chi connectivity index (χ2v) is 7.51. The number of carbonyl (C=O) groups is 3. The number of carboxylic acids is 1. The predicted molar refractivity (Wildman–Crippen MR) is 117 cm³/mol. The number of nitrogens with one attached hydrogen (secondary N) is 2. The van der Waals surface area contributed by atoms with E-state index in [1.165, 1.54) is 43.6 Å². The highest BCUT2D eigenvalue weighted by molar-refractivity contribution is 6.06. The maximum absolute atomic E-state index is 12.5. The number of nitrogens with zero attached hydrogens (tertiary/aromatic N) is 1. The number of imidazole rings is 1. The standard InChI is InChI=1S/C23H23N3O6/c1-12(2)11-26-21(28)13-4-5-14(17(8-13)23(31)32-3)15-10-19(27)18(9-16(15)22(29)30)20-24-6-7-25-20/h4-10,12,27H,11H2,1-3H3,(H,24,25)(H,26,28)(H,29,30). The Labute approximate surface area is 184 Å². The van der Waals surface area contributed by atoms with E-state index < -0.39 is 11.9 Å². The van der Waals surface area contributed by atoms with E-state index in [-0.39, 0.29) is 51.0 Å². The van der Waals surface area contributed by atoms with Crippen LogP contribution in [-0.4, -0.2) is 51.7 Å². The van der Waals surface area contributed by atoms with Gasteiger partial charge in [0, 0.05) is 30.1 Å². The summed E-state index contributed by atoms with van der Waals surface area (Å²) >= 11 is 0. The fourth-order valence-corrected chi connectivity index (χ4v) is 3.19. The number of hydrogen-bond donors (Lipinski definition) is 4. The largest absolute Gasteiger partial charge is 0.507 e. The minimum absolute atomic E-state index is 0.00246. The van der Waals surface area contributed by atoms with Crippen LogP contribution in [0.4, 0.5) is 0 Å². The Morgan fingerprint density at radius 3 is 2.44 bits per heavy atom. The topological polar surface area (TPSA) is 142 Å². The highest BCUT2D eigenvalue weighted by Crippen LogP contribution is 2.37. The number of aromatic carboxylic acids is 1. The molecule has 0 bridgehead atoms. The smallest absolute Gasteiger partial charge is 0.338 e. The summed E-state index contributed by atoms with van der Waals surface area (Å²) in [6.45, 7) is 4.37. The molecule has 3 rings (SSSR count). The van der Waals surface area contributed by atoms with Crippen LogP contribution in [0.25, 0.3) is 22.5 Å². The van der Waals surface area contributed by atoms with Gasteiger partial charge in [-0.25, -0.2) is 14.6 Å². The number of aromatic nitrogens is 2. The zero-order valence-electron chi connectivity index (χ0n) is 17.8. The van der Waals surface area contributed by atoms with E-state index in [0.717, 1.165) is 0 Å². The maximum atomic E-state index is 12.5. The van der Waals surface area contributed by atoms with Gasteiger partial charge in [-0.3, -0.25) is 4.79 Å². The molecule has 4 N–H and O–H groups in total. The van der Waals surface area contributed by atoms with Gasteiger partial charge < -0.3 is 25.3 Å². The molecule has 1 amide bonds. The van der Waals surface area contributed by atoms with E-state index in [1.807, 2.05) is 13.8 Å². The van der Waals surface area contributed by atoms with Crippen molar-refractivity contribution in [1.82, 2.24) is 15.3 Å². The number of benzene rings is 2. The maximum Gasteiger partial charge on any atom is 0.338 e. The molecule has 32 heavy (non-hydrogen) atoms. The monoisotopic (exact) mass is 437 g/mol. The molecule has 2 aromatic carbocycles. The third-order valence-electron chi connectivity index (χ3n) is 4.77. The molecule has 3 aromatic rings. The molecule has 0 radical (unpaired) electrons. The van der Waals surface area contributed by atoms with Gasteiger partial charge in [0.05, 0.1) is 23.8 Å². The first kappa shape index (κ1) is 22.5. The molecule has 0 aliphatic rings. The zero-order chi connectivity index (χ0) is 23.4. The number of H-pyrrole nitrogens is 1. The van der Waals surface area contributed by atoms with Gasteiger partial charge in [-0.2, -0.15) is 0 Å². The predicted octanol–water partition coefficient (Wildman–Crippen LogP) is 3.32. The van der Waals surface area contributed by atoms with Crippen molar-refractivity contribution in [3.8, 4) is 28.3 Å². The Hall–Kier alpha value is -4.14. The number of aromatic amines is 1. The molecule has 1 heterocycles. The second kappa shape index (κ2) is 9.34. The van der Waals surface area contributed by atoms with Crippen molar-refractivity contribution in [2.45, 2.75) is 13.8 Å². The molecule has 0 aliphatic carbocycles. The minimum Gasteiger partial charge on any atom is -0.507 e. The number of carbonyl (C=O) groups excluding carboxylic acids is 2. The molecule has 0 atom stereocenters.